The van der Waals surface area contributed by atoms with E-state index in [9.17, 15) is 80.5 Å². The van der Waals surface area contributed by atoms with Gasteiger partial charge >= 0.3 is 23.9 Å². The minimum Gasteiger partial charge on any atom is -0.504 e. The van der Waals surface area contributed by atoms with Gasteiger partial charge in [0.05, 0.1) is 16.7 Å². The molecule has 2 aliphatic rings. The molecule has 21 heteroatoms. The quantitative estimate of drug-likeness (QED) is 0.0587. The van der Waals surface area contributed by atoms with E-state index in [1.165, 1.54) is 6.07 Å². The molecule has 4 aromatic carbocycles. The zero-order valence-corrected chi connectivity index (χ0v) is 28.3. The fourth-order valence-electron chi connectivity index (χ4n) is 5.82. The lowest BCUT2D eigenvalue weighted by molar-refractivity contribution is -0.289. The van der Waals surface area contributed by atoms with Crippen LogP contribution in [0.25, 0.3) is 17.2 Å². The number of esters is 4. The number of carbonyl (C=O) groups is 4. The third-order valence-electron chi connectivity index (χ3n) is 8.63. The van der Waals surface area contributed by atoms with Crippen molar-refractivity contribution in [1.82, 2.24) is 0 Å². The predicted molar refractivity (Wildman–Crippen MR) is 182 cm³/mol. The van der Waals surface area contributed by atoms with Crippen molar-refractivity contribution >= 4 is 30.0 Å². The number of carbonyl (C=O) groups excluding carboxylic acids is 4. The average molecular weight is 797 g/mol. The summed E-state index contributed by atoms with van der Waals surface area (Å²) in [6, 6.07) is 5.80. The minimum atomic E-state index is -2.32. The van der Waals surface area contributed by atoms with Crippen molar-refractivity contribution in [3.05, 3.63) is 70.8 Å². The molecule has 298 valence electrons. The molecule has 0 saturated carbocycles. The number of phenolic OH excluding ortho intramolecular Hbond substituents is 11. The van der Waals surface area contributed by atoms with E-state index in [1.54, 1.807) is 0 Å². The Morgan fingerprint density at radius 3 is 1.79 bits per heavy atom. The highest BCUT2D eigenvalue weighted by Gasteiger charge is 2.52. The molecule has 12 N–H and O–H groups in total. The van der Waals surface area contributed by atoms with Gasteiger partial charge in [-0.1, -0.05) is 6.07 Å². The van der Waals surface area contributed by atoms with E-state index < -0.39 is 152 Å². The second kappa shape index (κ2) is 14.8. The Morgan fingerprint density at radius 1 is 0.649 bits per heavy atom. The number of benzene rings is 4. The van der Waals surface area contributed by atoms with Crippen molar-refractivity contribution in [2.24, 2.45) is 0 Å². The number of ether oxygens (including phenoxy) is 5. The van der Waals surface area contributed by atoms with Gasteiger partial charge in [-0.15, -0.1) is 0 Å². The maximum Gasteiger partial charge on any atom is 0.339 e. The SMILES string of the molecule is O=C(/C=C/c1ccc(O)c(O)c1)O[C@@H]1O[C@@H]2COC(=O)c3cc(O)c(O)c(O)c3-c3c(cc(O)c(O)c3O)C(=O)O[C@@H]2[C@H](OC(=O)c2cc(O)c(O)c(O)c2)[C@H]1O. The van der Waals surface area contributed by atoms with Crippen molar-refractivity contribution in [3.63, 3.8) is 0 Å². The molecule has 5 atom stereocenters. The van der Waals surface area contributed by atoms with E-state index >= 15 is 0 Å². The fourth-order valence-corrected chi connectivity index (χ4v) is 5.82. The molecule has 0 amide bonds. The van der Waals surface area contributed by atoms with Gasteiger partial charge in [0.15, 0.2) is 70.1 Å². The number of aliphatic hydroxyl groups is 1. The fraction of sp³-hybridized carbons (Fsp3) is 0.167. The molecule has 0 radical (unpaired) electrons. The number of hydrogen-bond donors (Lipinski definition) is 12. The molecule has 2 aliphatic heterocycles. The van der Waals surface area contributed by atoms with Crippen molar-refractivity contribution < 1.29 is 104 Å². The topological polar surface area (TPSA) is 357 Å². The zero-order chi connectivity index (χ0) is 41.6. The summed E-state index contributed by atoms with van der Waals surface area (Å²) in [4.78, 5) is 53.9. The highest BCUT2D eigenvalue weighted by atomic mass is 16.7. The maximum absolute atomic E-state index is 14.0. The smallest absolute Gasteiger partial charge is 0.339 e. The molecule has 6 rings (SSSR count). The molecular formula is C36H28O21. The Kier molecular flexibility index (Phi) is 10.1. The zero-order valence-electron chi connectivity index (χ0n) is 28.3. The first kappa shape index (κ1) is 38.9. The first-order chi connectivity index (χ1) is 26.9. The summed E-state index contributed by atoms with van der Waals surface area (Å²) in [5, 5.41) is 123. The third kappa shape index (κ3) is 7.25. The lowest BCUT2D eigenvalue weighted by Crippen LogP contribution is -2.62. The Hall–Kier alpha value is -7.78. The second-order valence-electron chi connectivity index (χ2n) is 12.3. The van der Waals surface area contributed by atoms with Gasteiger partial charge in [0, 0.05) is 17.2 Å². The Morgan fingerprint density at radius 2 is 1.21 bits per heavy atom. The number of aromatic hydroxyl groups is 11. The monoisotopic (exact) mass is 796 g/mol. The highest BCUT2D eigenvalue weighted by Crippen LogP contribution is 2.53. The molecular weight excluding hydrogens is 768 g/mol. The molecule has 0 spiro atoms. The molecule has 0 aliphatic carbocycles. The summed E-state index contributed by atoms with van der Waals surface area (Å²) in [6.45, 7) is -1.06. The molecule has 4 aromatic rings. The summed E-state index contributed by atoms with van der Waals surface area (Å²) in [7, 11) is 0. The summed E-state index contributed by atoms with van der Waals surface area (Å²) < 4.78 is 27.2. The van der Waals surface area contributed by atoms with Crippen molar-refractivity contribution in [2.75, 3.05) is 6.61 Å². The Labute approximate surface area is 316 Å². The molecule has 21 nitrogen and oxygen atoms in total. The number of phenols is 11. The van der Waals surface area contributed by atoms with Crippen LogP contribution >= 0.6 is 0 Å². The largest absolute Gasteiger partial charge is 0.504 e. The first-order valence-electron chi connectivity index (χ1n) is 16.0. The summed E-state index contributed by atoms with van der Waals surface area (Å²) >= 11 is 0. The van der Waals surface area contributed by atoms with Crippen LogP contribution in [-0.2, 0) is 28.5 Å². The number of cyclic esters (lactones) is 1. The second-order valence-corrected chi connectivity index (χ2v) is 12.3. The van der Waals surface area contributed by atoms with E-state index in [4.69, 9.17) is 23.7 Å². The van der Waals surface area contributed by atoms with E-state index in [0.717, 1.165) is 24.3 Å². The van der Waals surface area contributed by atoms with Gasteiger partial charge in [0.1, 0.15) is 12.7 Å². The van der Waals surface area contributed by atoms with Crippen LogP contribution < -0.4 is 0 Å². The van der Waals surface area contributed by atoms with Crippen LogP contribution in [0.1, 0.15) is 36.6 Å². The van der Waals surface area contributed by atoms with Gasteiger partial charge in [-0.05, 0) is 48.0 Å². The van der Waals surface area contributed by atoms with E-state index in [2.05, 4.69) is 0 Å². The van der Waals surface area contributed by atoms with Crippen molar-refractivity contribution in [2.45, 2.75) is 30.7 Å². The summed E-state index contributed by atoms with van der Waals surface area (Å²) in [5.74, 6) is -17.5. The summed E-state index contributed by atoms with van der Waals surface area (Å²) in [5.41, 5.74) is -4.23. The van der Waals surface area contributed by atoms with Gasteiger partial charge in [0.25, 0.3) is 0 Å². The molecule has 2 heterocycles. The highest BCUT2D eigenvalue weighted by molar-refractivity contribution is 6.08. The van der Waals surface area contributed by atoms with E-state index in [1.807, 2.05) is 0 Å². The number of aliphatic hydroxyl groups excluding tert-OH is 1. The third-order valence-corrected chi connectivity index (χ3v) is 8.63. The molecule has 0 bridgehead atoms. The minimum absolute atomic E-state index is 0.179. The lowest BCUT2D eigenvalue weighted by Gasteiger charge is -2.42. The van der Waals surface area contributed by atoms with Crippen LogP contribution in [0.4, 0.5) is 0 Å². The van der Waals surface area contributed by atoms with Gasteiger partial charge in [0.2, 0.25) is 17.8 Å². The number of hydrogen-bond acceptors (Lipinski definition) is 21. The van der Waals surface area contributed by atoms with Crippen LogP contribution in [0, 0.1) is 0 Å². The summed E-state index contributed by atoms with van der Waals surface area (Å²) in [6.07, 6.45) is -8.86. The molecule has 57 heavy (non-hydrogen) atoms. The van der Waals surface area contributed by atoms with Gasteiger partial charge < -0.3 is 85.0 Å². The Bertz CT molecular complexity index is 2340. The van der Waals surface area contributed by atoms with Gasteiger partial charge in [-0.25, -0.2) is 19.2 Å². The number of rotatable bonds is 5. The normalized spacial score (nSPS) is 20.5. The Balaban J connectivity index is 1.45. The lowest BCUT2D eigenvalue weighted by atomic mass is 9.92. The van der Waals surface area contributed by atoms with Crippen molar-refractivity contribution in [3.8, 4) is 74.4 Å². The first-order valence-corrected chi connectivity index (χ1v) is 16.0. The molecule has 0 unspecified atom stereocenters. The van der Waals surface area contributed by atoms with Crippen LogP contribution in [0.2, 0.25) is 0 Å². The molecule has 0 aromatic heterocycles. The van der Waals surface area contributed by atoms with Crippen LogP contribution in [-0.4, -0.2) is 122 Å². The van der Waals surface area contributed by atoms with E-state index in [0.29, 0.717) is 24.3 Å². The van der Waals surface area contributed by atoms with E-state index in [-0.39, 0.29) is 5.56 Å². The molecule has 1 fully saturated rings. The van der Waals surface area contributed by atoms with Crippen LogP contribution in [0.5, 0.6) is 63.2 Å². The van der Waals surface area contributed by atoms with Crippen LogP contribution in [0.15, 0.2) is 48.5 Å². The maximum atomic E-state index is 14.0. The van der Waals surface area contributed by atoms with Crippen LogP contribution in [0.3, 0.4) is 0 Å². The predicted octanol–water partition coefficient (Wildman–Crippen LogP) is 1.38. The standard InChI is InChI=1S/C36H28O21/c37-15-3-1-11(5-16(15)38)2-4-22(43)55-36-30(49)32(57-33(50)12-6-17(39)25(44)18(40)7-12)31-21(54-36)10-53-34(51)13-8-19(41)26(45)28(47)23(13)24-14(35(52)56-31)9-20(42)27(46)29(24)48/h1-9,21,30-32,36-42,44-49H,10H2/b4-2+/t21-,30-,31+,32-,36+/m1/s1. The van der Waals surface area contributed by atoms with Gasteiger partial charge in [-0.3, -0.25) is 0 Å². The molecule has 1 saturated heterocycles. The van der Waals surface area contributed by atoms with Crippen molar-refractivity contribution in [1.29, 1.82) is 0 Å². The average Bonchev–Trinajstić information content (AvgIpc) is 3.18. The van der Waals surface area contributed by atoms with Gasteiger partial charge in [-0.2, -0.15) is 0 Å². The number of fused-ring (bicyclic) bond motifs is 4.